The van der Waals surface area contributed by atoms with Crippen molar-refractivity contribution in [1.29, 1.82) is 0 Å². The van der Waals surface area contributed by atoms with Crippen LogP contribution in [-0.2, 0) is 20.2 Å². The maximum absolute atomic E-state index is 13.9. The van der Waals surface area contributed by atoms with Crippen LogP contribution >= 0.6 is 0 Å². The van der Waals surface area contributed by atoms with Crippen LogP contribution < -0.4 is 11.1 Å². The Morgan fingerprint density at radius 2 is 1.57 bits per heavy atom. The lowest BCUT2D eigenvalue weighted by Gasteiger charge is -2.45. The number of imide groups is 1. The van der Waals surface area contributed by atoms with E-state index in [-0.39, 0.29) is 0 Å². The summed E-state index contributed by atoms with van der Waals surface area (Å²) in [6.45, 7) is 0. The number of halogens is 1. The molecule has 3 atom stereocenters. The molecule has 15 heteroatoms. The zero-order valence-electron chi connectivity index (χ0n) is 13.2. The average Bonchev–Trinajstić information content (AvgIpc) is 2.94. The van der Waals surface area contributed by atoms with Gasteiger partial charge < -0.3 is 41.5 Å². The van der Waals surface area contributed by atoms with Gasteiger partial charge in [-0.2, -0.15) is 4.39 Å². The summed E-state index contributed by atoms with van der Waals surface area (Å²) in [5.74, 6) is -22.3. The standard InChI is InChI=1S/C13H10FN3O11/c14-3-5(18)1-2(4(15)6(3)19)12(26)17(7(1)20)10(23)8(21)16-9(22)11(24,25)13(10,27)28-12/h18-19,23-27H,15H2,(H,16,21,22). The molecule has 3 aliphatic heterocycles. The van der Waals surface area contributed by atoms with E-state index in [1.165, 1.54) is 5.32 Å². The fraction of sp³-hybridized carbons (Fsp3) is 0.308. The molecule has 10 N–H and O–H groups in total. The molecule has 0 radical (unpaired) electrons. The van der Waals surface area contributed by atoms with Gasteiger partial charge in [0.15, 0.2) is 11.5 Å². The largest absolute Gasteiger partial charge is 0.504 e. The van der Waals surface area contributed by atoms with Crippen molar-refractivity contribution >= 4 is 23.4 Å². The summed E-state index contributed by atoms with van der Waals surface area (Å²) in [5, 5.41) is 72.5. The van der Waals surface area contributed by atoms with Crippen molar-refractivity contribution in [2.45, 2.75) is 23.2 Å². The highest BCUT2D eigenvalue weighted by molar-refractivity contribution is 6.12. The Hall–Kier alpha value is -3.08. The number of aromatic hydroxyl groups is 2. The SMILES string of the molecule is Nc1c(O)c(F)c(O)c2c1C1(O)OC3(O)C(O)(O)C(=O)NC(=O)C3(O)N1C2=O. The van der Waals surface area contributed by atoms with Gasteiger partial charge in [0, 0.05) is 0 Å². The van der Waals surface area contributed by atoms with Crippen LogP contribution in [0.25, 0.3) is 0 Å². The molecule has 0 aromatic heterocycles. The first-order valence-corrected chi connectivity index (χ1v) is 7.23. The van der Waals surface area contributed by atoms with E-state index < -0.39 is 80.0 Å². The Labute approximate surface area is 151 Å². The Kier molecular flexibility index (Phi) is 2.93. The summed E-state index contributed by atoms with van der Waals surface area (Å²) >= 11 is 0. The van der Waals surface area contributed by atoms with Gasteiger partial charge in [-0.05, 0) is 0 Å². The molecular formula is C13H10FN3O11. The average molecular weight is 403 g/mol. The Balaban J connectivity index is 2.10. The molecule has 3 aliphatic rings. The molecule has 1 aromatic carbocycles. The number of ether oxygens (including phenoxy) is 1. The number of nitrogens with zero attached hydrogens (tertiary/aromatic N) is 1. The Morgan fingerprint density at radius 1 is 1.00 bits per heavy atom. The topological polar surface area (TPSA) is 243 Å². The van der Waals surface area contributed by atoms with E-state index in [4.69, 9.17) is 5.73 Å². The van der Waals surface area contributed by atoms with Gasteiger partial charge in [0.2, 0.25) is 5.82 Å². The third kappa shape index (κ3) is 1.46. The van der Waals surface area contributed by atoms with Crippen molar-refractivity contribution in [3.8, 4) is 11.5 Å². The number of nitrogens with two attached hydrogens (primary N) is 1. The number of piperidine rings is 1. The predicted octanol–water partition coefficient (Wildman–Crippen LogP) is -4.88. The third-order valence-electron chi connectivity index (χ3n) is 4.89. The molecule has 1 aromatic rings. The number of carbonyl (C=O) groups excluding carboxylic acids is 3. The number of aliphatic hydroxyl groups is 5. The molecule has 14 nitrogen and oxygen atoms in total. The first-order valence-electron chi connectivity index (χ1n) is 7.23. The van der Waals surface area contributed by atoms with Crippen molar-refractivity contribution in [2.24, 2.45) is 0 Å². The lowest BCUT2D eigenvalue weighted by molar-refractivity contribution is -0.410. The third-order valence-corrected chi connectivity index (χ3v) is 4.89. The second-order valence-corrected chi connectivity index (χ2v) is 6.30. The van der Waals surface area contributed by atoms with E-state index in [0.717, 1.165) is 0 Å². The van der Waals surface area contributed by atoms with Gasteiger partial charge in [0.05, 0.1) is 16.8 Å². The highest BCUT2D eigenvalue weighted by Crippen LogP contribution is 2.60. The lowest BCUT2D eigenvalue weighted by Crippen LogP contribution is -2.83. The van der Waals surface area contributed by atoms with Gasteiger partial charge in [-0.25, -0.2) is 4.90 Å². The van der Waals surface area contributed by atoms with E-state index in [1.54, 1.807) is 0 Å². The van der Waals surface area contributed by atoms with Crippen molar-refractivity contribution in [3.63, 3.8) is 0 Å². The zero-order chi connectivity index (χ0) is 21.2. The molecule has 0 aliphatic carbocycles. The number of hydrogen-bond donors (Lipinski definition) is 9. The molecule has 0 saturated carbocycles. The predicted molar refractivity (Wildman–Crippen MR) is 75.5 cm³/mol. The number of phenolic OH excluding ortho intramolecular Hbond substituents is 2. The second kappa shape index (κ2) is 4.49. The number of benzene rings is 1. The van der Waals surface area contributed by atoms with Crippen LogP contribution in [0.5, 0.6) is 11.5 Å². The zero-order valence-corrected chi connectivity index (χ0v) is 13.2. The number of rotatable bonds is 0. The second-order valence-electron chi connectivity index (χ2n) is 6.30. The van der Waals surface area contributed by atoms with Crippen LogP contribution in [-0.4, -0.2) is 75.7 Å². The van der Waals surface area contributed by atoms with Gasteiger partial charge in [-0.15, -0.1) is 0 Å². The summed E-state index contributed by atoms with van der Waals surface area (Å²) in [6.07, 6.45) is 0. The van der Waals surface area contributed by atoms with Gasteiger partial charge in [0.1, 0.15) is 0 Å². The number of carbonyl (C=O) groups is 3. The number of hydrogen-bond acceptors (Lipinski definition) is 12. The van der Waals surface area contributed by atoms with E-state index in [0.29, 0.717) is 0 Å². The highest BCUT2D eigenvalue weighted by Gasteiger charge is 2.87. The minimum atomic E-state index is -4.10. The molecule has 3 heterocycles. The summed E-state index contributed by atoms with van der Waals surface area (Å²) in [4.78, 5) is 36.2. The summed E-state index contributed by atoms with van der Waals surface area (Å²) in [6, 6.07) is 0. The van der Waals surface area contributed by atoms with E-state index in [9.17, 15) is 54.5 Å². The first kappa shape index (κ1) is 18.3. The van der Waals surface area contributed by atoms with Crippen LogP contribution in [0, 0.1) is 5.82 Å². The van der Waals surface area contributed by atoms with Crippen molar-refractivity contribution < 1.29 is 59.3 Å². The van der Waals surface area contributed by atoms with Crippen LogP contribution in [0.1, 0.15) is 15.9 Å². The number of phenols is 2. The lowest BCUT2D eigenvalue weighted by atomic mass is 9.87. The van der Waals surface area contributed by atoms with Crippen LogP contribution in [0.15, 0.2) is 0 Å². The number of nitrogens with one attached hydrogen (secondary N) is 1. The van der Waals surface area contributed by atoms with Crippen molar-refractivity contribution in [2.75, 3.05) is 5.73 Å². The fourth-order valence-corrected chi connectivity index (χ4v) is 3.51. The number of anilines is 1. The molecule has 2 saturated heterocycles. The molecule has 2 fully saturated rings. The van der Waals surface area contributed by atoms with Crippen LogP contribution in [0.3, 0.4) is 0 Å². The number of fused-ring (bicyclic) bond motifs is 5. The molecular weight excluding hydrogens is 393 g/mol. The summed E-state index contributed by atoms with van der Waals surface area (Å²) < 4.78 is 18.5. The maximum Gasteiger partial charge on any atom is 0.307 e. The molecule has 150 valence electrons. The van der Waals surface area contributed by atoms with Gasteiger partial charge in [-0.3, -0.25) is 24.4 Å². The first-order chi connectivity index (χ1) is 12.7. The summed E-state index contributed by atoms with van der Waals surface area (Å²) in [5.41, 5.74) is -1.88. The quantitative estimate of drug-likeness (QED) is 0.0651. The van der Waals surface area contributed by atoms with E-state index in [2.05, 4.69) is 4.74 Å². The van der Waals surface area contributed by atoms with Crippen LogP contribution in [0.2, 0.25) is 0 Å². The van der Waals surface area contributed by atoms with Crippen LogP contribution in [0.4, 0.5) is 10.1 Å². The van der Waals surface area contributed by atoms with E-state index in [1.807, 2.05) is 0 Å². The van der Waals surface area contributed by atoms with E-state index >= 15 is 0 Å². The van der Waals surface area contributed by atoms with Crippen molar-refractivity contribution in [1.82, 2.24) is 10.2 Å². The molecule has 3 unspecified atom stereocenters. The minimum Gasteiger partial charge on any atom is -0.504 e. The number of nitrogen functional groups attached to an aromatic ring is 1. The fourth-order valence-electron chi connectivity index (χ4n) is 3.51. The molecule has 0 spiro atoms. The van der Waals surface area contributed by atoms with Gasteiger partial charge in [0.25, 0.3) is 35.1 Å². The summed E-state index contributed by atoms with van der Waals surface area (Å²) in [7, 11) is 0. The van der Waals surface area contributed by atoms with Crippen molar-refractivity contribution in [3.05, 3.63) is 16.9 Å². The molecule has 0 bridgehead atoms. The minimum absolute atomic E-state index is 0.400. The number of amides is 3. The Morgan fingerprint density at radius 3 is 2.14 bits per heavy atom. The smallest absolute Gasteiger partial charge is 0.307 e. The molecule has 3 amide bonds. The maximum atomic E-state index is 13.9. The van der Waals surface area contributed by atoms with Gasteiger partial charge in [-0.1, -0.05) is 0 Å². The molecule has 4 rings (SSSR count). The normalized spacial score (nSPS) is 35.5. The Bertz CT molecular complexity index is 1030. The monoisotopic (exact) mass is 403 g/mol. The molecule has 28 heavy (non-hydrogen) atoms. The highest BCUT2D eigenvalue weighted by atomic mass is 19.1. The van der Waals surface area contributed by atoms with Gasteiger partial charge >= 0.3 is 5.79 Å².